The lowest BCUT2D eigenvalue weighted by Gasteiger charge is -2.00. The average Bonchev–Trinajstić information content (AvgIpc) is 2.84. The van der Waals surface area contributed by atoms with Crippen molar-refractivity contribution in [3.8, 4) is 11.4 Å². The summed E-state index contributed by atoms with van der Waals surface area (Å²) >= 11 is 1.07. The van der Waals surface area contributed by atoms with Crippen LogP contribution in [0.15, 0.2) is 34.7 Å². The Balaban J connectivity index is 2.32. The van der Waals surface area contributed by atoms with Crippen LogP contribution in [-0.4, -0.2) is 26.0 Å². The minimum atomic E-state index is -1.10. The van der Waals surface area contributed by atoms with Gasteiger partial charge in [-0.25, -0.2) is 9.78 Å². The molecule has 0 amide bonds. The van der Waals surface area contributed by atoms with Crippen molar-refractivity contribution in [2.75, 3.05) is 0 Å². The Kier molecular flexibility index (Phi) is 2.60. The lowest BCUT2D eigenvalue weighted by Crippen LogP contribution is -2.09. The van der Waals surface area contributed by atoms with Gasteiger partial charge in [0.1, 0.15) is 16.0 Å². The third kappa shape index (κ3) is 1.89. The second-order valence-electron chi connectivity index (χ2n) is 3.79. The number of nitrogens with zero attached hydrogens (tertiary/aromatic N) is 2. The lowest BCUT2D eigenvalue weighted by molar-refractivity contribution is 0.0699. The largest absolute Gasteiger partial charge is 0.478 e. The van der Waals surface area contributed by atoms with E-state index in [4.69, 9.17) is 5.11 Å². The molecule has 3 aromatic rings. The van der Waals surface area contributed by atoms with Crippen LogP contribution in [0.2, 0.25) is 0 Å². The van der Waals surface area contributed by atoms with E-state index in [1.807, 2.05) is 0 Å². The maximum absolute atomic E-state index is 11.9. The number of carboxylic acids is 1. The van der Waals surface area contributed by atoms with E-state index in [9.17, 15) is 9.59 Å². The molecule has 0 aliphatic carbocycles. The number of nitrogens with one attached hydrogen (secondary N) is 1. The summed E-state index contributed by atoms with van der Waals surface area (Å²) in [7, 11) is 0. The molecular weight excluding hydrogens is 266 g/mol. The molecule has 0 atom stereocenters. The van der Waals surface area contributed by atoms with Crippen LogP contribution in [-0.2, 0) is 0 Å². The van der Waals surface area contributed by atoms with Gasteiger partial charge in [0.2, 0.25) is 0 Å². The predicted molar refractivity (Wildman–Crippen MR) is 70.4 cm³/mol. The number of carboxylic acid groups (broad SMARTS) is 1. The van der Waals surface area contributed by atoms with Gasteiger partial charge in [-0.2, -0.15) is 0 Å². The van der Waals surface area contributed by atoms with Crippen LogP contribution in [0.1, 0.15) is 10.4 Å². The molecule has 0 fully saturated rings. The van der Waals surface area contributed by atoms with Crippen molar-refractivity contribution >= 4 is 27.5 Å². The van der Waals surface area contributed by atoms with E-state index < -0.39 is 5.97 Å². The van der Waals surface area contributed by atoms with E-state index in [1.54, 1.807) is 24.5 Å². The molecule has 0 aromatic carbocycles. The molecule has 0 unspecified atom stereocenters. The molecule has 19 heavy (non-hydrogen) atoms. The highest BCUT2D eigenvalue weighted by Gasteiger charge is 2.16. The predicted octanol–water partition coefficient (Wildman–Crippen LogP) is 1.74. The lowest BCUT2D eigenvalue weighted by atomic mass is 10.2. The van der Waals surface area contributed by atoms with E-state index in [0.29, 0.717) is 16.1 Å². The Labute approximate surface area is 110 Å². The molecule has 0 saturated heterocycles. The number of fused-ring (bicyclic) bond motifs is 1. The fraction of sp³-hybridized carbons (Fsp3) is 0. The standard InChI is InChI=1S/C12H7N3O3S/c16-11-9-8(7(5-19-9)12(17)18)14-10(15-11)6-2-1-3-13-4-6/h1-5H,(H,17,18)(H,14,15,16). The van der Waals surface area contributed by atoms with Crippen LogP contribution in [0.4, 0.5) is 0 Å². The zero-order chi connectivity index (χ0) is 13.4. The highest BCUT2D eigenvalue weighted by molar-refractivity contribution is 7.17. The van der Waals surface area contributed by atoms with Crippen LogP contribution in [0, 0.1) is 0 Å². The third-order valence-electron chi connectivity index (χ3n) is 2.59. The number of hydrogen-bond acceptors (Lipinski definition) is 5. The van der Waals surface area contributed by atoms with Crippen molar-refractivity contribution < 1.29 is 9.90 Å². The van der Waals surface area contributed by atoms with E-state index in [-0.39, 0.29) is 16.6 Å². The first-order valence-corrected chi connectivity index (χ1v) is 6.20. The van der Waals surface area contributed by atoms with Crippen LogP contribution in [0.3, 0.4) is 0 Å². The highest BCUT2D eigenvalue weighted by Crippen LogP contribution is 2.23. The molecule has 94 valence electrons. The highest BCUT2D eigenvalue weighted by atomic mass is 32.1. The van der Waals surface area contributed by atoms with Crippen molar-refractivity contribution in [2.45, 2.75) is 0 Å². The summed E-state index contributed by atoms with van der Waals surface area (Å²) in [5, 5.41) is 10.5. The quantitative estimate of drug-likeness (QED) is 0.741. The molecule has 0 aliphatic heterocycles. The normalized spacial score (nSPS) is 10.7. The number of aromatic nitrogens is 3. The van der Waals surface area contributed by atoms with E-state index in [0.717, 1.165) is 11.3 Å². The Bertz CT molecular complexity index is 823. The Morgan fingerprint density at radius 3 is 2.95 bits per heavy atom. The second-order valence-corrected chi connectivity index (χ2v) is 4.67. The van der Waals surface area contributed by atoms with Crippen molar-refractivity contribution in [3.63, 3.8) is 0 Å². The number of aromatic carboxylic acids is 1. The molecular formula is C12H7N3O3S. The number of thiophene rings is 1. The minimum Gasteiger partial charge on any atom is -0.478 e. The summed E-state index contributed by atoms with van der Waals surface area (Å²) in [6, 6.07) is 3.45. The Hall–Kier alpha value is -2.54. The van der Waals surface area contributed by atoms with Gasteiger partial charge in [-0.1, -0.05) is 0 Å². The van der Waals surface area contributed by atoms with Gasteiger partial charge in [-0.3, -0.25) is 9.78 Å². The third-order valence-corrected chi connectivity index (χ3v) is 3.56. The molecule has 3 rings (SSSR count). The number of pyridine rings is 1. The second kappa shape index (κ2) is 4.29. The number of H-pyrrole nitrogens is 1. The average molecular weight is 273 g/mol. The molecule has 0 spiro atoms. The van der Waals surface area contributed by atoms with E-state index >= 15 is 0 Å². The summed E-state index contributed by atoms with van der Waals surface area (Å²) in [6.45, 7) is 0. The van der Waals surface area contributed by atoms with Gasteiger partial charge in [-0.05, 0) is 12.1 Å². The molecule has 2 N–H and O–H groups in total. The van der Waals surface area contributed by atoms with Crippen LogP contribution in [0.5, 0.6) is 0 Å². The first-order valence-electron chi connectivity index (χ1n) is 5.32. The minimum absolute atomic E-state index is 0.0382. The Morgan fingerprint density at radius 2 is 2.26 bits per heavy atom. The summed E-state index contributed by atoms with van der Waals surface area (Å²) in [5.41, 5.74) is 0.529. The molecule has 3 heterocycles. The van der Waals surface area contributed by atoms with Crippen LogP contribution < -0.4 is 5.56 Å². The Morgan fingerprint density at radius 1 is 1.42 bits per heavy atom. The topological polar surface area (TPSA) is 95.9 Å². The smallest absolute Gasteiger partial charge is 0.338 e. The van der Waals surface area contributed by atoms with Crippen molar-refractivity contribution in [3.05, 3.63) is 45.8 Å². The number of hydrogen-bond donors (Lipinski definition) is 2. The monoisotopic (exact) mass is 273 g/mol. The van der Waals surface area contributed by atoms with Gasteiger partial charge in [0.25, 0.3) is 5.56 Å². The molecule has 0 radical (unpaired) electrons. The number of aromatic amines is 1. The number of carbonyl (C=O) groups is 1. The zero-order valence-electron chi connectivity index (χ0n) is 9.45. The SMILES string of the molecule is O=C(O)c1csc2c(=O)[nH]c(-c3cccnc3)nc12. The van der Waals surface area contributed by atoms with Gasteiger partial charge < -0.3 is 10.1 Å². The van der Waals surface area contributed by atoms with Crippen molar-refractivity contribution in [1.82, 2.24) is 15.0 Å². The molecule has 0 bridgehead atoms. The van der Waals surface area contributed by atoms with Gasteiger partial charge in [0.15, 0.2) is 0 Å². The van der Waals surface area contributed by atoms with Gasteiger partial charge in [0, 0.05) is 23.3 Å². The van der Waals surface area contributed by atoms with Gasteiger partial charge >= 0.3 is 5.97 Å². The number of rotatable bonds is 2. The molecule has 0 saturated carbocycles. The van der Waals surface area contributed by atoms with E-state index in [2.05, 4.69) is 15.0 Å². The fourth-order valence-electron chi connectivity index (χ4n) is 1.72. The molecule has 6 nitrogen and oxygen atoms in total. The van der Waals surface area contributed by atoms with Crippen molar-refractivity contribution in [2.24, 2.45) is 0 Å². The van der Waals surface area contributed by atoms with Gasteiger partial charge in [0.05, 0.1) is 5.56 Å². The van der Waals surface area contributed by atoms with E-state index in [1.165, 1.54) is 5.38 Å². The zero-order valence-corrected chi connectivity index (χ0v) is 10.3. The summed E-state index contributed by atoms with van der Waals surface area (Å²) in [4.78, 5) is 33.8. The summed E-state index contributed by atoms with van der Waals surface area (Å²) < 4.78 is 0.310. The fourth-order valence-corrected chi connectivity index (χ4v) is 2.59. The van der Waals surface area contributed by atoms with Gasteiger partial charge in [-0.15, -0.1) is 11.3 Å². The maximum Gasteiger partial charge on any atom is 0.338 e. The molecule has 3 aromatic heterocycles. The first-order chi connectivity index (χ1) is 9.16. The van der Waals surface area contributed by atoms with Crippen molar-refractivity contribution in [1.29, 1.82) is 0 Å². The maximum atomic E-state index is 11.9. The molecule has 7 heteroatoms. The van der Waals surface area contributed by atoms with Crippen LogP contribution >= 0.6 is 11.3 Å². The first kappa shape index (κ1) is 11.5. The summed E-state index contributed by atoms with van der Waals surface area (Å²) in [6.07, 6.45) is 3.16. The van der Waals surface area contributed by atoms with Crippen LogP contribution in [0.25, 0.3) is 21.6 Å². The molecule has 0 aliphatic rings. The summed E-state index contributed by atoms with van der Waals surface area (Å²) in [5.74, 6) is -0.784.